The van der Waals surface area contributed by atoms with Gasteiger partial charge >= 0.3 is 0 Å². The van der Waals surface area contributed by atoms with Crippen molar-refractivity contribution >= 4 is 11.9 Å². The monoisotopic (exact) mass is 374 g/mol. The lowest BCUT2D eigenvalue weighted by molar-refractivity contribution is -0.313. The molecule has 4 rings (SSSR count). The molecule has 8 heteroatoms. The molecule has 0 aliphatic carbocycles. The smallest absolute Gasteiger partial charge is 0.230 e. The van der Waals surface area contributed by atoms with Gasteiger partial charge < -0.3 is 33.7 Å². The fraction of sp³-hybridized carbons (Fsp3) is 0.474. The molecule has 144 valence electrons. The first kappa shape index (κ1) is 17.7. The molecular weight excluding hydrogens is 354 g/mol. The average Bonchev–Trinajstić information content (AvgIpc) is 3.29. The maximum absolute atomic E-state index is 13.0. The summed E-state index contributed by atoms with van der Waals surface area (Å²) in [5.74, 6) is -1.76. The normalized spacial score (nSPS) is 30.6. The zero-order chi connectivity index (χ0) is 19.3. The summed E-state index contributed by atoms with van der Waals surface area (Å²) in [6.07, 6.45) is 2.94. The number of likely N-dealkylation sites (tertiary alicyclic amines) is 1. The molecule has 3 aliphatic heterocycles. The van der Waals surface area contributed by atoms with Crippen molar-refractivity contribution in [1.29, 1.82) is 0 Å². The van der Waals surface area contributed by atoms with Crippen LogP contribution in [0.1, 0.15) is 5.56 Å². The third kappa shape index (κ3) is 2.47. The topological polar surface area (TPSA) is 97.4 Å². The first-order valence-corrected chi connectivity index (χ1v) is 8.60. The van der Waals surface area contributed by atoms with E-state index in [1.165, 1.54) is 21.3 Å². The Kier molecular flexibility index (Phi) is 4.03. The number of amides is 1. The Morgan fingerprint density at radius 2 is 1.93 bits per heavy atom. The van der Waals surface area contributed by atoms with E-state index in [-0.39, 0.29) is 12.5 Å². The van der Waals surface area contributed by atoms with Crippen LogP contribution in [0.15, 0.2) is 24.3 Å². The first-order valence-electron chi connectivity index (χ1n) is 8.60. The van der Waals surface area contributed by atoms with Gasteiger partial charge in [0.15, 0.2) is 11.5 Å². The predicted molar refractivity (Wildman–Crippen MR) is 90.2 cm³/mol. The Labute approximate surface area is 156 Å². The van der Waals surface area contributed by atoms with E-state index in [9.17, 15) is 14.7 Å². The van der Waals surface area contributed by atoms with Gasteiger partial charge in [-0.1, -0.05) is 12.2 Å². The summed E-state index contributed by atoms with van der Waals surface area (Å²) in [5.41, 5.74) is -0.106. The Balaban J connectivity index is 1.63. The molecule has 2 fully saturated rings. The van der Waals surface area contributed by atoms with E-state index in [4.69, 9.17) is 18.9 Å². The van der Waals surface area contributed by atoms with E-state index in [0.717, 1.165) is 5.56 Å². The number of ether oxygens (including phenoxy) is 4. The minimum Gasteiger partial charge on any atom is -0.550 e. The van der Waals surface area contributed by atoms with Crippen LogP contribution < -0.4 is 19.3 Å². The van der Waals surface area contributed by atoms with Crippen molar-refractivity contribution in [3.05, 3.63) is 29.8 Å². The molecule has 0 radical (unpaired) electrons. The number of carboxylic acid groups (broad SMARTS) is 1. The fourth-order valence-corrected chi connectivity index (χ4v) is 4.43. The molecule has 1 spiro atoms. The number of hydrogen-bond donors (Lipinski definition) is 0. The van der Waals surface area contributed by atoms with Gasteiger partial charge in [-0.25, -0.2) is 0 Å². The molecule has 2 saturated heterocycles. The highest BCUT2D eigenvalue weighted by Crippen LogP contribution is 2.52. The molecule has 0 saturated carbocycles. The number of nitrogens with zero attached hydrogens (tertiary/aromatic N) is 1. The van der Waals surface area contributed by atoms with Gasteiger partial charge in [0.1, 0.15) is 5.60 Å². The van der Waals surface area contributed by atoms with Crippen molar-refractivity contribution in [2.45, 2.75) is 18.2 Å². The average molecular weight is 374 g/mol. The Bertz CT molecular complexity index is 810. The van der Waals surface area contributed by atoms with Gasteiger partial charge in [-0.3, -0.25) is 4.79 Å². The second-order valence-corrected chi connectivity index (χ2v) is 6.95. The van der Waals surface area contributed by atoms with Crippen LogP contribution in [-0.4, -0.2) is 56.4 Å². The van der Waals surface area contributed by atoms with E-state index in [1.54, 1.807) is 23.1 Å². The molecule has 2 bridgehead atoms. The van der Waals surface area contributed by atoms with Crippen LogP contribution in [0.4, 0.5) is 0 Å². The van der Waals surface area contributed by atoms with Crippen molar-refractivity contribution in [2.75, 3.05) is 27.9 Å². The van der Waals surface area contributed by atoms with Gasteiger partial charge in [0, 0.05) is 18.4 Å². The Morgan fingerprint density at radius 1 is 1.26 bits per heavy atom. The van der Waals surface area contributed by atoms with Crippen LogP contribution in [0.5, 0.6) is 17.2 Å². The van der Waals surface area contributed by atoms with Crippen molar-refractivity contribution in [3.8, 4) is 17.2 Å². The molecular formula is C19H20NO7-. The highest BCUT2D eigenvalue weighted by molar-refractivity contribution is 5.90. The van der Waals surface area contributed by atoms with E-state index in [0.29, 0.717) is 23.8 Å². The van der Waals surface area contributed by atoms with Gasteiger partial charge in [-0.05, 0) is 17.7 Å². The predicted octanol–water partition coefficient (Wildman–Crippen LogP) is -0.256. The minimum absolute atomic E-state index is 0.246. The van der Waals surface area contributed by atoms with E-state index >= 15 is 0 Å². The molecule has 1 amide bonds. The Hall–Kier alpha value is -2.74. The lowest BCUT2D eigenvalue weighted by Crippen LogP contribution is -2.45. The summed E-state index contributed by atoms with van der Waals surface area (Å²) < 4.78 is 21.9. The second kappa shape index (κ2) is 6.16. The summed E-state index contributed by atoms with van der Waals surface area (Å²) in [6.45, 7) is 0.569. The van der Waals surface area contributed by atoms with Crippen LogP contribution in [-0.2, 0) is 20.9 Å². The summed E-state index contributed by atoms with van der Waals surface area (Å²) >= 11 is 0. The number of methoxy groups -OCH3 is 3. The van der Waals surface area contributed by atoms with Crippen molar-refractivity contribution < 1.29 is 33.6 Å². The van der Waals surface area contributed by atoms with Gasteiger partial charge in [-0.2, -0.15) is 0 Å². The van der Waals surface area contributed by atoms with Gasteiger partial charge in [0.05, 0.1) is 39.9 Å². The third-order valence-electron chi connectivity index (χ3n) is 5.55. The quantitative estimate of drug-likeness (QED) is 0.633. The summed E-state index contributed by atoms with van der Waals surface area (Å²) in [4.78, 5) is 26.1. The minimum atomic E-state index is -1.25. The summed E-state index contributed by atoms with van der Waals surface area (Å²) in [5, 5.41) is 11.5. The number of aliphatic carboxylic acids is 1. The number of hydrogen-bond acceptors (Lipinski definition) is 7. The molecule has 3 heterocycles. The molecule has 8 nitrogen and oxygen atoms in total. The van der Waals surface area contributed by atoms with Crippen LogP contribution >= 0.6 is 0 Å². The van der Waals surface area contributed by atoms with E-state index in [2.05, 4.69) is 0 Å². The lowest BCUT2D eigenvalue weighted by atomic mass is 9.77. The fourth-order valence-electron chi connectivity index (χ4n) is 4.43. The molecule has 1 aromatic carbocycles. The molecule has 27 heavy (non-hydrogen) atoms. The maximum Gasteiger partial charge on any atom is 0.230 e. The first-order chi connectivity index (χ1) is 12.9. The van der Waals surface area contributed by atoms with Crippen LogP contribution in [0, 0.1) is 11.8 Å². The second-order valence-electron chi connectivity index (χ2n) is 6.95. The SMILES string of the molecule is COc1cc(CN2C[C@]34C=C[C@H](O3)[C@H](C(=O)[O-])[C@@H]4C2=O)cc(OC)c1OC. The van der Waals surface area contributed by atoms with Gasteiger partial charge in [0.25, 0.3) is 0 Å². The van der Waals surface area contributed by atoms with Gasteiger partial charge in [-0.15, -0.1) is 0 Å². The molecule has 1 aromatic rings. The van der Waals surface area contributed by atoms with Crippen molar-refractivity contribution in [3.63, 3.8) is 0 Å². The number of benzene rings is 1. The maximum atomic E-state index is 13.0. The molecule has 0 N–H and O–H groups in total. The third-order valence-corrected chi connectivity index (χ3v) is 5.55. The zero-order valence-corrected chi connectivity index (χ0v) is 15.3. The standard InChI is InChI=1S/C19H21NO7/c1-24-12-6-10(7-13(25-2)16(12)26-3)8-20-9-19-5-4-11(27-19)14(18(22)23)15(19)17(20)21/h4-7,11,14-15H,8-9H2,1-3H3,(H,22,23)/p-1/t11-,14-,15+,19-/m0/s1. The number of carbonyl (C=O) groups excluding carboxylic acids is 2. The lowest BCUT2D eigenvalue weighted by Gasteiger charge is -2.24. The van der Waals surface area contributed by atoms with Crippen molar-refractivity contribution in [2.24, 2.45) is 11.8 Å². The van der Waals surface area contributed by atoms with Gasteiger partial charge in [0.2, 0.25) is 11.7 Å². The van der Waals surface area contributed by atoms with Crippen LogP contribution in [0.25, 0.3) is 0 Å². The highest BCUT2D eigenvalue weighted by Gasteiger charge is 2.65. The summed E-state index contributed by atoms with van der Waals surface area (Å²) in [6, 6.07) is 3.54. The zero-order valence-electron chi connectivity index (χ0n) is 15.3. The number of carbonyl (C=O) groups is 2. The van der Waals surface area contributed by atoms with E-state index < -0.39 is 29.5 Å². The van der Waals surface area contributed by atoms with Crippen molar-refractivity contribution in [1.82, 2.24) is 4.90 Å². The molecule has 4 atom stereocenters. The number of rotatable bonds is 6. The Morgan fingerprint density at radius 3 is 2.48 bits per heavy atom. The molecule has 0 aromatic heterocycles. The largest absolute Gasteiger partial charge is 0.550 e. The van der Waals surface area contributed by atoms with E-state index in [1.807, 2.05) is 6.08 Å². The van der Waals surface area contributed by atoms with Crippen LogP contribution in [0.2, 0.25) is 0 Å². The number of fused-ring (bicyclic) bond motifs is 1. The number of carboxylic acids is 1. The summed E-state index contributed by atoms with van der Waals surface area (Å²) in [7, 11) is 4.56. The highest BCUT2D eigenvalue weighted by atomic mass is 16.5. The molecule has 0 unspecified atom stereocenters. The molecule has 3 aliphatic rings. The van der Waals surface area contributed by atoms with Crippen LogP contribution in [0.3, 0.4) is 0 Å².